The summed E-state index contributed by atoms with van der Waals surface area (Å²) in [6, 6.07) is 14.8. The van der Waals surface area contributed by atoms with Crippen LogP contribution in [0, 0.1) is 6.92 Å². The highest BCUT2D eigenvalue weighted by molar-refractivity contribution is 7.89. The largest absolute Gasteiger partial charge is 0.494 e. The van der Waals surface area contributed by atoms with Gasteiger partial charge in [0.25, 0.3) is 5.91 Å². The maximum absolute atomic E-state index is 12.7. The molecule has 2 N–H and O–H groups in total. The highest BCUT2D eigenvalue weighted by Gasteiger charge is 2.18. The van der Waals surface area contributed by atoms with Gasteiger partial charge in [-0.3, -0.25) is 4.79 Å². The van der Waals surface area contributed by atoms with E-state index in [1.165, 1.54) is 18.4 Å². The second-order valence-corrected chi connectivity index (χ2v) is 8.06. The Balaban J connectivity index is 1.76. The molecule has 0 fully saturated rings. The summed E-state index contributed by atoms with van der Waals surface area (Å²) >= 11 is 0. The van der Waals surface area contributed by atoms with Crippen LogP contribution >= 0.6 is 0 Å². The van der Waals surface area contributed by atoms with E-state index in [4.69, 9.17) is 9.15 Å². The number of sulfonamides is 1. The van der Waals surface area contributed by atoms with Crippen molar-refractivity contribution in [3.8, 4) is 5.75 Å². The molecule has 0 spiro atoms. The average Bonchev–Trinajstić information content (AvgIpc) is 3.22. The minimum Gasteiger partial charge on any atom is -0.494 e. The first-order valence-electron chi connectivity index (χ1n) is 9.06. The standard InChI is InChI=1S/C21H22N2O5S/c1-3-27-17-9-7-16(8-10-17)23-21(24)20-13-19(11-6-15(20)2)29(25,26)22-14-18-5-4-12-28-18/h4-13,22H,3,14H2,1-2H3,(H,23,24). The molecule has 29 heavy (non-hydrogen) atoms. The first kappa shape index (κ1) is 20.6. The molecule has 7 nitrogen and oxygen atoms in total. The van der Waals surface area contributed by atoms with Crippen LogP contribution in [0.5, 0.6) is 5.75 Å². The van der Waals surface area contributed by atoms with Gasteiger partial charge in [0.05, 0.1) is 24.3 Å². The van der Waals surface area contributed by atoms with Crippen LogP contribution < -0.4 is 14.8 Å². The molecule has 0 aliphatic rings. The molecule has 3 rings (SSSR count). The minimum atomic E-state index is -3.80. The van der Waals surface area contributed by atoms with Crippen molar-refractivity contribution in [2.75, 3.05) is 11.9 Å². The fraction of sp³-hybridized carbons (Fsp3) is 0.190. The van der Waals surface area contributed by atoms with Crippen molar-refractivity contribution in [2.24, 2.45) is 0 Å². The van der Waals surface area contributed by atoms with Gasteiger partial charge in [-0.05, 0) is 67.9 Å². The molecule has 1 aromatic heterocycles. The molecular formula is C21H22N2O5S. The Hall–Kier alpha value is -3.10. The summed E-state index contributed by atoms with van der Waals surface area (Å²) in [6.45, 7) is 4.22. The molecule has 0 aliphatic carbocycles. The molecular weight excluding hydrogens is 392 g/mol. The summed E-state index contributed by atoms with van der Waals surface area (Å²) in [7, 11) is -3.80. The van der Waals surface area contributed by atoms with E-state index in [0.29, 0.717) is 29.4 Å². The fourth-order valence-electron chi connectivity index (χ4n) is 2.68. The number of rotatable bonds is 8. The summed E-state index contributed by atoms with van der Waals surface area (Å²) in [5.74, 6) is 0.807. The summed E-state index contributed by atoms with van der Waals surface area (Å²) in [6.07, 6.45) is 1.47. The highest BCUT2D eigenvalue weighted by atomic mass is 32.2. The van der Waals surface area contributed by atoms with Crippen molar-refractivity contribution in [2.45, 2.75) is 25.3 Å². The number of carbonyl (C=O) groups excluding carboxylic acids is 1. The van der Waals surface area contributed by atoms with Crippen LogP contribution in [-0.2, 0) is 16.6 Å². The van der Waals surface area contributed by atoms with Gasteiger partial charge in [0.15, 0.2) is 0 Å². The predicted molar refractivity (Wildman–Crippen MR) is 109 cm³/mol. The summed E-state index contributed by atoms with van der Waals surface area (Å²) in [5.41, 5.74) is 1.53. The number of amides is 1. The van der Waals surface area contributed by atoms with E-state index < -0.39 is 15.9 Å². The number of nitrogens with one attached hydrogen (secondary N) is 2. The Morgan fingerprint density at radius 2 is 1.86 bits per heavy atom. The second-order valence-electron chi connectivity index (χ2n) is 6.29. The van der Waals surface area contributed by atoms with E-state index in [2.05, 4.69) is 10.0 Å². The molecule has 8 heteroatoms. The Kier molecular flexibility index (Phi) is 6.36. The number of ether oxygens (including phenoxy) is 1. The van der Waals surface area contributed by atoms with Gasteiger partial charge in [-0.1, -0.05) is 6.07 Å². The molecule has 0 aliphatic heterocycles. The molecule has 1 heterocycles. The highest BCUT2D eigenvalue weighted by Crippen LogP contribution is 2.20. The van der Waals surface area contributed by atoms with Gasteiger partial charge >= 0.3 is 0 Å². The third-order valence-electron chi connectivity index (χ3n) is 4.20. The van der Waals surface area contributed by atoms with E-state index in [0.717, 1.165) is 0 Å². The van der Waals surface area contributed by atoms with E-state index in [1.54, 1.807) is 49.4 Å². The second kappa shape index (κ2) is 8.93. The van der Waals surface area contributed by atoms with E-state index in [-0.39, 0.29) is 17.0 Å². The van der Waals surface area contributed by atoms with Gasteiger partial charge < -0.3 is 14.5 Å². The van der Waals surface area contributed by atoms with Crippen LogP contribution in [0.4, 0.5) is 5.69 Å². The Bertz CT molecular complexity index is 1070. The lowest BCUT2D eigenvalue weighted by Crippen LogP contribution is -2.24. The van der Waals surface area contributed by atoms with Crippen LogP contribution in [0.25, 0.3) is 0 Å². The minimum absolute atomic E-state index is 0.00602. The van der Waals surface area contributed by atoms with Gasteiger partial charge in [0.1, 0.15) is 11.5 Å². The van der Waals surface area contributed by atoms with Crippen molar-refractivity contribution in [3.63, 3.8) is 0 Å². The summed E-state index contributed by atoms with van der Waals surface area (Å²) < 4.78 is 38.1. The lowest BCUT2D eigenvalue weighted by Gasteiger charge is -2.11. The number of benzene rings is 2. The van der Waals surface area contributed by atoms with E-state index >= 15 is 0 Å². The number of carbonyl (C=O) groups is 1. The Morgan fingerprint density at radius 1 is 1.10 bits per heavy atom. The first-order chi connectivity index (χ1) is 13.9. The van der Waals surface area contributed by atoms with Crippen LogP contribution in [0.15, 0.2) is 70.2 Å². The maximum atomic E-state index is 12.7. The molecule has 1 amide bonds. The summed E-state index contributed by atoms with van der Waals surface area (Å²) in [4.78, 5) is 12.7. The summed E-state index contributed by atoms with van der Waals surface area (Å²) in [5, 5.41) is 2.78. The molecule has 152 valence electrons. The van der Waals surface area contributed by atoms with Crippen molar-refractivity contribution >= 4 is 21.6 Å². The molecule has 2 aromatic carbocycles. The molecule has 0 radical (unpaired) electrons. The van der Waals surface area contributed by atoms with Gasteiger partial charge in [0, 0.05) is 11.3 Å². The third-order valence-corrected chi connectivity index (χ3v) is 5.60. The van der Waals surface area contributed by atoms with Gasteiger partial charge in [0.2, 0.25) is 10.0 Å². The monoisotopic (exact) mass is 414 g/mol. The SMILES string of the molecule is CCOc1ccc(NC(=O)c2cc(S(=O)(=O)NCc3ccco3)ccc2C)cc1. The number of hydrogen-bond acceptors (Lipinski definition) is 5. The lowest BCUT2D eigenvalue weighted by molar-refractivity contribution is 0.102. The fourth-order valence-corrected chi connectivity index (χ4v) is 3.69. The predicted octanol–water partition coefficient (Wildman–Crippen LogP) is 3.72. The smallest absolute Gasteiger partial charge is 0.255 e. The number of furan rings is 1. The van der Waals surface area contributed by atoms with Crippen molar-refractivity contribution < 1.29 is 22.4 Å². The van der Waals surface area contributed by atoms with Crippen molar-refractivity contribution in [1.29, 1.82) is 0 Å². The van der Waals surface area contributed by atoms with Crippen LogP contribution in [-0.4, -0.2) is 20.9 Å². The Labute approximate surface area is 169 Å². The van der Waals surface area contributed by atoms with Crippen LogP contribution in [0.2, 0.25) is 0 Å². The number of anilines is 1. The van der Waals surface area contributed by atoms with Crippen LogP contribution in [0.1, 0.15) is 28.6 Å². The zero-order valence-corrected chi connectivity index (χ0v) is 17.0. The quantitative estimate of drug-likeness (QED) is 0.585. The maximum Gasteiger partial charge on any atom is 0.255 e. The zero-order valence-electron chi connectivity index (χ0n) is 16.1. The number of aryl methyl sites for hydroxylation is 1. The van der Waals surface area contributed by atoms with Gasteiger partial charge in [-0.25, -0.2) is 13.1 Å². The number of hydrogen-bond donors (Lipinski definition) is 2. The molecule has 0 bridgehead atoms. The molecule has 0 unspecified atom stereocenters. The van der Waals surface area contributed by atoms with E-state index in [1.807, 2.05) is 6.92 Å². The van der Waals surface area contributed by atoms with Gasteiger partial charge in [-0.15, -0.1) is 0 Å². The van der Waals surface area contributed by atoms with Crippen molar-refractivity contribution in [1.82, 2.24) is 4.72 Å². The first-order valence-corrected chi connectivity index (χ1v) is 10.5. The average molecular weight is 414 g/mol. The van der Waals surface area contributed by atoms with Crippen molar-refractivity contribution in [3.05, 3.63) is 77.7 Å². The zero-order chi connectivity index (χ0) is 20.9. The van der Waals surface area contributed by atoms with Crippen LogP contribution in [0.3, 0.4) is 0 Å². The molecule has 3 aromatic rings. The third kappa shape index (κ3) is 5.24. The normalized spacial score (nSPS) is 11.2. The lowest BCUT2D eigenvalue weighted by atomic mass is 10.1. The molecule has 0 atom stereocenters. The molecule has 0 saturated carbocycles. The van der Waals surface area contributed by atoms with Gasteiger partial charge in [-0.2, -0.15) is 0 Å². The Morgan fingerprint density at radius 3 is 2.52 bits per heavy atom. The molecule has 0 saturated heterocycles. The van der Waals surface area contributed by atoms with E-state index in [9.17, 15) is 13.2 Å². The topological polar surface area (TPSA) is 97.6 Å².